The number of rotatable bonds is 0. The molecular weight excluding hydrogens is 164 g/mol. The molecule has 1 heterocycles. The van der Waals surface area contributed by atoms with Gasteiger partial charge >= 0.3 is 6.03 Å². The molecule has 0 bridgehead atoms. The Morgan fingerprint density at radius 1 is 1.55 bits per heavy atom. The molecule has 0 unspecified atom stereocenters. The van der Waals surface area contributed by atoms with Gasteiger partial charge in [-0.3, -0.25) is 5.43 Å². The summed E-state index contributed by atoms with van der Waals surface area (Å²) >= 11 is 1.71. The number of nitrogens with two attached hydrogens (primary N) is 1. The van der Waals surface area contributed by atoms with Crippen molar-refractivity contribution in [2.24, 2.45) is 11.0 Å². The largest absolute Gasteiger partial charge is 0.373 e. The zero-order valence-electron chi connectivity index (χ0n) is 5.65. The van der Waals surface area contributed by atoms with Crippen LogP contribution in [0.15, 0.2) is 28.0 Å². The van der Waals surface area contributed by atoms with E-state index in [4.69, 9.17) is 5.53 Å². The first-order valence-corrected chi connectivity index (χ1v) is 3.60. The predicted octanol–water partition coefficient (Wildman–Crippen LogP) is 1.35. The molecule has 1 aromatic heterocycles. The van der Waals surface area contributed by atoms with E-state index < -0.39 is 6.03 Å². The Morgan fingerprint density at radius 3 is 2.18 bits per heavy atom. The number of amides is 2. The van der Waals surface area contributed by atoms with Crippen LogP contribution in [-0.4, -0.2) is 6.03 Å². The van der Waals surface area contributed by atoms with E-state index in [2.05, 4.69) is 11.0 Å². The number of hydrogen-bond acceptors (Lipinski definition) is 4. The molecule has 5 nitrogen and oxygen atoms in total. The standard InChI is InChI=1S/C4H4S.CH4N4O/c1-2-4-5-3-1;2-4-1(6)5-3/h1-4H;2H,3H2,(H,5,6). The fourth-order valence-electron chi connectivity index (χ4n) is 0.259. The molecule has 60 valence electrons. The highest BCUT2D eigenvalue weighted by molar-refractivity contribution is 7.07. The van der Waals surface area contributed by atoms with Gasteiger partial charge in [0.15, 0.2) is 0 Å². The predicted molar refractivity (Wildman–Crippen MR) is 42.2 cm³/mol. The minimum absolute atomic E-state index is 0.838. The Labute approximate surface area is 67.7 Å². The number of nitrogens with zero attached hydrogens (tertiary/aromatic N) is 1. The van der Waals surface area contributed by atoms with Gasteiger partial charge in [0.1, 0.15) is 0 Å². The molecule has 4 N–H and O–H groups in total. The number of hydrazine groups is 1. The average Bonchev–Trinajstić information content (AvgIpc) is 2.60. The van der Waals surface area contributed by atoms with Gasteiger partial charge in [-0.05, 0) is 10.8 Å². The lowest BCUT2D eigenvalue weighted by molar-refractivity contribution is 0.247. The number of hydrogen-bond donors (Lipinski definition) is 3. The first kappa shape index (κ1) is 9.73. The topological polar surface area (TPSA) is 91.3 Å². The maximum absolute atomic E-state index is 9.59. The molecule has 0 spiro atoms. The molecule has 0 atom stereocenters. The van der Waals surface area contributed by atoms with E-state index in [1.54, 1.807) is 16.8 Å². The van der Waals surface area contributed by atoms with Crippen molar-refractivity contribution in [2.45, 2.75) is 0 Å². The second kappa shape index (κ2) is 6.84. The Morgan fingerprint density at radius 2 is 2.09 bits per heavy atom. The van der Waals surface area contributed by atoms with E-state index in [9.17, 15) is 4.79 Å². The summed E-state index contributed by atoms with van der Waals surface area (Å²) in [7, 11) is 0. The minimum atomic E-state index is -0.838. The van der Waals surface area contributed by atoms with Gasteiger partial charge < -0.3 is 0 Å². The van der Waals surface area contributed by atoms with Crippen molar-refractivity contribution in [1.82, 2.24) is 5.43 Å². The third kappa shape index (κ3) is 6.62. The zero-order valence-corrected chi connectivity index (χ0v) is 6.47. The van der Waals surface area contributed by atoms with Crippen molar-refractivity contribution in [3.8, 4) is 0 Å². The Hall–Kier alpha value is -1.27. The highest BCUT2D eigenvalue weighted by Crippen LogP contribution is 1.91. The highest BCUT2D eigenvalue weighted by atomic mass is 32.1. The molecule has 0 radical (unpaired) electrons. The van der Waals surface area contributed by atoms with Crippen molar-refractivity contribution in [3.05, 3.63) is 22.9 Å². The Kier molecular flexibility index (Phi) is 6.05. The van der Waals surface area contributed by atoms with Gasteiger partial charge in [0, 0.05) is 0 Å². The van der Waals surface area contributed by atoms with Gasteiger partial charge in [0.05, 0.1) is 0 Å². The van der Waals surface area contributed by atoms with Gasteiger partial charge in [-0.1, -0.05) is 17.2 Å². The molecular formula is C5H8N4OS. The Balaban J connectivity index is 0.000000183. The molecule has 6 heteroatoms. The zero-order chi connectivity index (χ0) is 8.53. The van der Waals surface area contributed by atoms with Crippen LogP contribution in [0.3, 0.4) is 0 Å². The normalized spacial score (nSPS) is 7.36. The van der Waals surface area contributed by atoms with Crippen LogP contribution in [0.25, 0.3) is 0 Å². The lowest BCUT2D eigenvalue weighted by Crippen LogP contribution is -2.26. The first-order chi connectivity index (χ1) is 5.31. The minimum Gasteiger partial charge on any atom is -0.273 e. The van der Waals surface area contributed by atoms with Crippen LogP contribution in [0.1, 0.15) is 0 Å². The van der Waals surface area contributed by atoms with E-state index in [-0.39, 0.29) is 0 Å². The molecule has 1 rings (SSSR count). The molecule has 0 aliphatic carbocycles. The van der Waals surface area contributed by atoms with Gasteiger partial charge in [-0.15, -0.1) is 0 Å². The monoisotopic (exact) mass is 172 g/mol. The summed E-state index contributed by atoms with van der Waals surface area (Å²) in [6.07, 6.45) is 0. The van der Waals surface area contributed by atoms with Crippen molar-refractivity contribution < 1.29 is 4.79 Å². The molecule has 1 aromatic rings. The van der Waals surface area contributed by atoms with Crippen LogP contribution in [0, 0.1) is 5.53 Å². The fraction of sp³-hybridized carbons (Fsp3) is 0. The molecule has 11 heavy (non-hydrogen) atoms. The second-order valence-corrected chi connectivity index (χ2v) is 2.17. The average molecular weight is 172 g/mol. The Bertz CT molecular complexity index is 181. The number of urea groups is 1. The number of thiophene rings is 1. The second-order valence-electron chi connectivity index (χ2n) is 1.35. The number of carbonyl (C=O) groups is 1. The van der Waals surface area contributed by atoms with Gasteiger partial charge in [-0.2, -0.15) is 16.9 Å². The maximum atomic E-state index is 9.59. The fourth-order valence-corrected chi connectivity index (χ4v) is 0.713. The highest BCUT2D eigenvalue weighted by Gasteiger charge is 1.83. The summed E-state index contributed by atoms with van der Waals surface area (Å²) in [6.45, 7) is 0. The number of nitrogens with one attached hydrogen (secondary N) is 2. The van der Waals surface area contributed by atoms with Crippen LogP contribution in [0.4, 0.5) is 4.79 Å². The van der Waals surface area contributed by atoms with Crippen molar-refractivity contribution >= 4 is 17.4 Å². The summed E-state index contributed by atoms with van der Waals surface area (Å²) in [6, 6.07) is 3.20. The molecule has 0 fully saturated rings. The van der Waals surface area contributed by atoms with Crippen LogP contribution < -0.4 is 11.3 Å². The van der Waals surface area contributed by atoms with Crippen molar-refractivity contribution in [2.75, 3.05) is 0 Å². The summed E-state index contributed by atoms with van der Waals surface area (Å²) in [5, 5.41) is 6.47. The maximum Gasteiger partial charge on any atom is 0.373 e. The van der Waals surface area contributed by atoms with Crippen molar-refractivity contribution in [1.29, 1.82) is 5.53 Å². The summed E-state index contributed by atoms with van der Waals surface area (Å²) in [5.74, 6) is 4.47. The van der Waals surface area contributed by atoms with Gasteiger partial charge in [0.2, 0.25) is 0 Å². The van der Waals surface area contributed by atoms with Crippen LogP contribution >= 0.6 is 11.3 Å². The molecule has 2 amide bonds. The smallest absolute Gasteiger partial charge is 0.273 e. The van der Waals surface area contributed by atoms with Crippen LogP contribution in [0.2, 0.25) is 0 Å². The lowest BCUT2D eigenvalue weighted by atomic mass is 10.7. The van der Waals surface area contributed by atoms with E-state index in [0.29, 0.717) is 0 Å². The lowest BCUT2D eigenvalue weighted by Gasteiger charge is -1.80. The van der Waals surface area contributed by atoms with Crippen molar-refractivity contribution in [3.63, 3.8) is 0 Å². The third-order valence-electron chi connectivity index (χ3n) is 0.650. The number of carbonyl (C=O) groups excluding carboxylic acids is 1. The van der Waals surface area contributed by atoms with E-state index in [1.165, 1.54) is 0 Å². The third-order valence-corrected chi connectivity index (χ3v) is 1.28. The summed E-state index contributed by atoms with van der Waals surface area (Å²) < 4.78 is 0. The summed E-state index contributed by atoms with van der Waals surface area (Å²) in [5.41, 5.74) is 7.56. The molecule has 0 aliphatic rings. The SMILES string of the molecule is N=NC(=O)NN.c1ccsc1. The first-order valence-electron chi connectivity index (χ1n) is 2.66. The van der Waals surface area contributed by atoms with E-state index in [1.807, 2.05) is 22.9 Å². The molecule has 0 saturated heterocycles. The van der Waals surface area contributed by atoms with Gasteiger partial charge in [-0.25, -0.2) is 10.6 Å². The van der Waals surface area contributed by atoms with E-state index in [0.717, 1.165) is 0 Å². The molecule has 0 saturated carbocycles. The summed E-state index contributed by atoms with van der Waals surface area (Å²) in [4.78, 5) is 9.59. The van der Waals surface area contributed by atoms with E-state index >= 15 is 0 Å². The van der Waals surface area contributed by atoms with Crippen LogP contribution in [0.5, 0.6) is 0 Å². The quantitative estimate of drug-likeness (QED) is 0.238. The molecule has 0 aromatic carbocycles. The van der Waals surface area contributed by atoms with Gasteiger partial charge in [0.25, 0.3) is 0 Å². The van der Waals surface area contributed by atoms with Crippen LogP contribution in [-0.2, 0) is 0 Å². The molecule has 0 aliphatic heterocycles.